The number of amides is 1. The fraction of sp³-hybridized carbons (Fsp3) is 0.375. The van der Waals surface area contributed by atoms with E-state index in [1.807, 2.05) is 17.5 Å². The van der Waals surface area contributed by atoms with Crippen molar-refractivity contribution in [3.8, 4) is 0 Å². The van der Waals surface area contributed by atoms with Gasteiger partial charge < -0.3 is 0 Å². The number of nitrogens with one attached hydrogen (secondary N) is 1. The van der Waals surface area contributed by atoms with Crippen molar-refractivity contribution in [2.75, 3.05) is 0 Å². The molecule has 4 rings (SSSR count). The lowest BCUT2D eigenvalue weighted by Gasteiger charge is -2.20. The van der Waals surface area contributed by atoms with Crippen molar-refractivity contribution >= 4 is 51.1 Å². The van der Waals surface area contributed by atoms with E-state index in [1.54, 1.807) is 6.08 Å². The van der Waals surface area contributed by atoms with E-state index >= 15 is 0 Å². The molecular weight excluding hydrogens is 328 g/mol. The first-order valence-electron chi connectivity index (χ1n) is 7.76. The molecule has 1 N–H and O–H groups in total. The van der Waals surface area contributed by atoms with Gasteiger partial charge in [-0.1, -0.05) is 25.3 Å². The molecular formula is C16H16N4OS2. The zero-order valence-corrected chi connectivity index (χ0v) is 14.1. The zero-order valence-electron chi connectivity index (χ0n) is 12.5. The number of carbonyl (C=O) groups excluding carboxylic acids is 1. The molecule has 3 aliphatic rings. The van der Waals surface area contributed by atoms with Crippen LogP contribution in [0.3, 0.4) is 0 Å². The summed E-state index contributed by atoms with van der Waals surface area (Å²) in [5.41, 5.74) is 0.311. The van der Waals surface area contributed by atoms with Crippen LogP contribution >= 0.6 is 23.1 Å². The molecule has 2 aliphatic heterocycles. The number of nitrogens with zero attached hydrogens (tertiary/aromatic N) is 3. The molecule has 1 aromatic heterocycles. The van der Waals surface area contributed by atoms with Crippen LogP contribution in [0.2, 0.25) is 0 Å². The quantitative estimate of drug-likeness (QED) is 0.826. The zero-order chi connectivity index (χ0) is 15.8. The smallest absolute Gasteiger partial charge is 0.282 e. The third-order valence-corrected chi connectivity index (χ3v) is 6.14. The number of rotatable bonds is 2. The maximum Gasteiger partial charge on any atom is 0.283 e. The van der Waals surface area contributed by atoms with Crippen molar-refractivity contribution in [3.05, 3.63) is 28.0 Å². The minimum atomic E-state index is -0.345. The average molecular weight is 344 g/mol. The lowest BCUT2D eigenvalue weighted by atomic mass is 9.90. The summed E-state index contributed by atoms with van der Waals surface area (Å²) in [6.45, 7) is 0. The molecule has 0 radical (unpaired) electrons. The minimum Gasteiger partial charge on any atom is -0.282 e. The predicted octanol–water partition coefficient (Wildman–Crippen LogP) is 3.95. The SMILES string of the molecule is N=C1/C(=C/c2cccs2)C(=O)N=C2SC(C3CCCCC3)=NN12. The summed E-state index contributed by atoms with van der Waals surface area (Å²) in [5.74, 6) is 0.239. The van der Waals surface area contributed by atoms with Crippen LogP contribution in [0, 0.1) is 11.3 Å². The summed E-state index contributed by atoms with van der Waals surface area (Å²) in [4.78, 5) is 17.4. The van der Waals surface area contributed by atoms with Crippen LogP contribution in [0.25, 0.3) is 6.08 Å². The van der Waals surface area contributed by atoms with Crippen molar-refractivity contribution in [1.29, 1.82) is 5.41 Å². The molecule has 0 unspecified atom stereocenters. The van der Waals surface area contributed by atoms with Crippen LogP contribution in [-0.4, -0.2) is 27.0 Å². The van der Waals surface area contributed by atoms with E-state index < -0.39 is 0 Å². The van der Waals surface area contributed by atoms with Gasteiger partial charge >= 0.3 is 0 Å². The average Bonchev–Trinajstić information content (AvgIpc) is 3.22. The first-order chi connectivity index (χ1) is 11.2. The van der Waals surface area contributed by atoms with Gasteiger partial charge in [0.05, 0.1) is 5.57 Å². The number of thiophene rings is 1. The first-order valence-corrected chi connectivity index (χ1v) is 9.45. The Balaban J connectivity index is 1.63. The Morgan fingerprint density at radius 3 is 2.87 bits per heavy atom. The number of hydrazone groups is 1. The van der Waals surface area contributed by atoms with Gasteiger partial charge in [-0.2, -0.15) is 15.1 Å². The maximum atomic E-state index is 12.3. The fourth-order valence-corrected chi connectivity index (χ4v) is 4.75. The van der Waals surface area contributed by atoms with E-state index in [2.05, 4.69) is 10.1 Å². The van der Waals surface area contributed by atoms with E-state index in [9.17, 15) is 4.79 Å². The van der Waals surface area contributed by atoms with Crippen molar-refractivity contribution in [3.63, 3.8) is 0 Å². The normalized spacial score (nSPS) is 24.0. The molecule has 1 saturated carbocycles. The molecule has 118 valence electrons. The van der Waals surface area contributed by atoms with Crippen LogP contribution in [0.1, 0.15) is 37.0 Å². The predicted molar refractivity (Wildman–Crippen MR) is 95.9 cm³/mol. The van der Waals surface area contributed by atoms with Gasteiger partial charge in [0.25, 0.3) is 5.91 Å². The molecule has 7 heteroatoms. The lowest BCUT2D eigenvalue weighted by Crippen LogP contribution is -2.35. The van der Waals surface area contributed by atoms with Crippen LogP contribution < -0.4 is 0 Å². The monoisotopic (exact) mass is 344 g/mol. The van der Waals surface area contributed by atoms with Gasteiger partial charge in [-0.25, -0.2) is 0 Å². The second kappa shape index (κ2) is 6.05. The lowest BCUT2D eigenvalue weighted by molar-refractivity contribution is -0.114. The molecule has 1 fully saturated rings. The molecule has 1 amide bonds. The summed E-state index contributed by atoms with van der Waals surface area (Å²) in [5, 5.41) is 18.0. The fourth-order valence-electron chi connectivity index (χ4n) is 3.04. The molecule has 5 nitrogen and oxygen atoms in total. The second-order valence-electron chi connectivity index (χ2n) is 5.81. The second-order valence-corrected chi connectivity index (χ2v) is 7.78. The Bertz CT molecular complexity index is 742. The van der Waals surface area contributed by atoms with Gasteiger partial charge in [0.2, 0.25) is 5.17 Å². The maximum absolute atomic E-state index is 12.3. The Morgan fingerprint density at radius 2 is 2.13 bits per heavy atom. The van der Waals surface area contributed by atoms with E-state index in [4.69, 9.17) is 5.41 Å². The Morgan fingerprint density at radius 1 is 1.30 bits per heavy atom. The van der Waals surface area contributed by atoms with Gasteiger partial charge in [0.15, 0.2) is 5.84 Å². The van der Waals surface area contributed by atoms with Crippen LogP contribution in [0.4, 0.5) is 0 Å². The molecule has 0 saturated heterocycles. The van der Waals surface area contributed by atoms with Crippen LogP contribution in [0.5, 0.6) is 0 Å². The summed E-state index contributed by atoms with van der Waals surface area (Å²) in [6, 6.07) is 3.85. The van der Waals surface area contributed by atoms with Gasteiger partial charge in [-0.3, -0.25) is 10.2 Å². The van der Waals surface area contributed by atoms with Crippen molar-refractivity contribution < 1.29 is 4.79 Å². The molecule has 3 heterocycles. The number of hydrogen-bond acceptors (Lipinski definition) is 5. The summed E-state index contributed by atoms with van der Waals surface area (Å²) in [7, 11) is 0. The first kappa shape index (κ1) is 14.8. The summed E-state index contributed by atoms with van der Waals surface area (Å²) < 4.78 is 0. The van der Waals surface area contributed by atoms with Crippen molar-refractivity contribution in [2.24, 2.45) is 16.0 Å². The highest BCUT2D eigenvalue weighted by Gasteiger charge is 2.37. The van der Waals surface area contributed by atoms with Gasteiger partial charge in [-0.15, -0.1) is 11.3 Å². The summed E-state index contributed by atoms with van der Waals surface area (Å²) >= 11 is 2.99. The number of aliphatic imine (C=N–C) groups is 1. The van der Waals surface area contributed by atoms with Crippen molar-refractivity contribution in [2.45, 2.75) is 32.1 Å². The number of fused-ring (bicyclic) bond motifs is 1. The summed E-state index contributed by atoms with van der Waals surface area (Å²) in [6.07, 6.45) is 7.78. The minimum absolute atomic E-state index is 0.131. The molecule has 1 aliphatic carbocycles. The highest BCUT2D eigenvalue weighted by atomic mass is 32.2. The molecule has 23 heavy (non-hydrogen) atoms. The van der Waals surface area contributed by atoms with Gasteiger partial charge in [0, 0.05) is 10.8 Å². The topological polar surface area (TPSA) is 68.9 Å². The van der Waals surface area contributed by atoms with Gasteiger partial charge in [-0.05, 0) is 42.1 Å². The van der Waals surface area contributed by atoms with Crippen LogP contribution in [0.15, 0.2) is 33.2 Å². The van der Waals surface area contributed by atoms with Crippen LogP contribution in [-0.2, 0) is 4.79 Å². The number of amidine groups is 2. The van der Waals surface area contributed by atoms with E-state index in [0.717, 1.165) is 22.8 Å². The van der Waals surface area contributed by atoms with Crippen molar-refractivity contribution in [1.82, 2.24) is 5.01 Å². The highest BCUT2D eigenvalue weighted by molar-refractivity contribution is 8.27. The van der Waals surface area contributed by atoms with E-state index in [1.165, 1.54) is 47.4 Å². The molecule has 0 bridgehead atoms. The third-order valence-electron chi connectivity index (χ3n) is 4.25. The Labute approximate surface area is 142 Å². The molecule has 0 aromatic carbocycles. The van der Waals surface area contributed by atoms with E-state index in [-0.39, 0.29) is 11.7 Å². The standard InChI is InChI=1S/C16H16N4OS2/c17-13-12(9-11-7-4-8-22-11)14(21)18-16-20(13)19-15(23-16)10-5-2-1-3-6-10/h4,7-10,17H,1-3,5-6H2/b12-9-,17-13?. The Hall–Kier alpha value is -1.73. The van der Waals surface area contributed by atoms with E-state index in [0.29, 0.717) is 16.7 Å². The molecule has 0 atom stereocenters. The molecule has 1 aromatic rings. The third kappa shape index (κ3) is 2.79. The largest absolute Gasteiger partial charge is 0.283 e. The molecule has 0 spiro atoms. The number of carbonyl (C=O) groups is 1. The number of thioether (sulfide) groups is 1. The number of hydrogen-bond donors (Lipinski definition) is 1. The highest BCUT2D eigenvalue weighted by Crippen LogP contribution is 2.36. The van der Waals surface area contributed by atoms with Gasteiger partial charge in [0.1, 0.15) is 5.04 Å². The Kier molecular flexibility index (Phi) is 3.90.